The fourth-order valence-corrected chi connectivity index (χ4v) is 3.45. The summed E-state index contributed by atoms with van der Waals surface area (Å²) in [6, 6.07) is 17.8. The van der Waals surface area contributed by atoms with Gasteiger partial charge in [0.25, 0.3) is 0 Å². The number of nitrogens with one attached hydrogen (secondary N) is 1. The first-order valence-corrected chi connectivity index (χ1v) is 10.0. The molecule has 0 unspecified atom stereocenters. The number of benzene rings is 2. The van der Waals surface area contributed by atoms with E-state index in [1.54, 1.807) is 6.07 Å². The lowest BCUT2D eigenvalue weighted by atomic mass is 10.1. The summed E-state index contributed by atoms with van der Waals surface area (Å²) in [4.78, 5) is 2.43. The normalized spacial score (nSPS) is 15.3. The van der Waals surface area contributed by atoms with Gasteiger partial charge in [0, 0.05) is 19.6 Å². The van der Waals surface area contributed by atoms with Crippen molar-refractivity contribution in [2.45, 2.75) is 38.5 Å². The molecule has 0 radical (unpaired) electrons. The van der Waals surface area contributed by atoms with Crippen molar-refractivity contribution in [1.82, 2.24) is 10.2 Å². The van der Waals surface area contributed by atoms with Crippen LogP contribution in [0, 0.1) is 11.3 Å². The van der Waals surface area contributed by atoms with Gasteiger partial charge in [0.15, 0.2) is 0 Å². The molecule has 28 heavy (non-hydrogen) atoms. The van der Waals surface area contributed by atoms with Crippen molar-refractivity contribution >= 4 is 0 Å². The first-order valence-electron chi connectivity index (χ1n) is 10.0. The molecule has 5 nitrogen and oxygen atoms in total. The monoisotopic (exact) mass is 379 g/mol. The van der Waals surface area contributed by atoms with E-state index < -0.39 is 0 Å². The van der Waals surface area contributed by atoms with Crippen molar-refractivity contribution in [3.8, 4) is 11.8 Å². The van der Waals surface area contributed by atoms with Gasteiger partial charge in [-0.05, 0) is 67.7 Å². The van der Waals surface area contributed by atoms with Crippen LogP contribution in [0.5, 0.6) is 5.75 Å². The van der Waals surface area contributed by atoms with Gasteiger partial charge in [-0.25, -0.2) is 0 Å². The van der Waals surface area contributed by atoms with Crippen LogP contribution in [0.1, 0.15) is 36.0 Å². The lowest BCUT2D eigenvalue weighted by Gasteiger charge is -2.29. The van der Waals surface area contributed by atoms with Gasteiger partial charge in [-0.2, -0.15) is 5.26 Å². The number of aliphatic hydroxyl groups excluding tert-OH is 1. The highest BCUT2D eigenvalue weighted by Gasteiger charge is 2.15. The average Bonchev–Trinajstić information content (AvgIpc) is 2.74. The highest BCUT2D eigenvalue weighted by molar-refractivity contribution is 5.33. The molecule has 2 aromatic carbocycles. The van der Waals surface area contributed by atoms with Crippen LogP contribution >= 0.6 is 0 Å². The topological polar surface area (TPSA) is 68.5 Å². The smallest absolute Gasteiger partial charge is 0.120 e. The fourth-order valence-electron chi connectivity index (χ4n) is 3.45. The van der Waals surface area contributed by atoms with Crippen LogP contribution in [0.3, 0.4) is 0 Å². The van der Waals surface area contributed by atoms with Crippen molar-refractivity contribution in [3.63, 3.8) is 0 Å². The number of piperidine rings is 1. The van der Waals surface area contributed by atoms with Gasteiger partial charge in [-0.3, -0.25) is 0 Å². The zero-order chi connectivity index (χ0) is 19.6. The summed E-state index contributed by atoms with van der Waals surface area (Å²) in [5.74, 6) is 0.841. The van der Waals surface area contributed by atoms with Crippen LogP contribution in [0.2, 0.25) is 0 Å². The van der Waals surface area contributed by atoms with Crippen molar-refractivity contribution in [2.24, 2.45) is 0 Å². The Hall–Kier alpha value is -2.39. The third kappa shape index (κ3) is 6.65. The molecule has 1 aliphatic heterocycles. The second kappa shape index (κ2) is 10.8. The lowest BCUT2D eigenvalue weighted by molar-refractivity contribution is 0.0821. The molecule has 2 N–H and O–H groups in total. The predicted molar refractivity (Wildman–Crippen MR) is 110 cm³/mol. The van der Waals surface area contributed by atoms with E-state index in [-0.39, 0.29) is 6.10 Å². The molecule has 2 aromatic rings. The van der Waals surface area contributed by atoms with Gasteiger partial charge in [0.2, 0.25) is 0 Å². The number of rotatable bonds is 9. The number of aliphatic hydroxyl groups is 1. The van der Waals surface area contributed by atoms with E-state index in [2.05, 4.69) is 28.4 Å². The van der Waals surface area contributed by atoms with Crippen LogP contribution in [0.25, 0.3) is 0 Å². The van der Waals surface area contributed by atoms with Crippen molar-refractivity contribution < 1.29 is 9.84 Å². The summed E-state index contributed by atoms with van der Waals surface area (Å²) in [6.07, 6.45) is 2.82. The molecule has 1 aliphatic rings. The molecular weight excluding hydrogens is 350 g/mol. The lowest BCUT2D eigenvalue weighted by Crippen LogP contribution is -2.37. The molecule has 0 aromatic heterocycles. The Morgan fingerprint density at radius 3 is 2.71 bits per heavy atom. The van der Waals surface area contributed by atoms with Gasteiger partial charge in [0.1, 0.15) is 12.4 Å². The highest BCUT2D eigenvalue weighted by Crippen LogP contribution is 2.16. The number of hydrogen-bond donors (Lipinski definition) is 2. The molecule has 1 saturated heterocycles. The van der Waals surface area contributed by atoms with Crippen molar-refractivity contribution in [1.29, 1.82) is 5.26 Å². The number of likely N-dealkylation sites (tertiary alicyclic amines) is 1. The third-order valence-corrected chi connectivity index (χ3v) is 5.07. The molecule has 3 rings (SSSR count). The molecule has 0 spiro atoms. The molecule has 0 amide bonds. The van der Waals surface area contributed by atoms with Crippen molar-refractivity contribution in [3.05, 3.63) is 65.2 Å². The minimum Gasteiger partial charge on any atom is -0.489 e. The Morgan fingerprint density at radius 2 is 1.89 bits per heavy atom. The van der Waals surface area contributed by atoms with Crippen LogP contribution in [0.4, 0.5) is 0 Å². The van der Waals surface area contributed by atoms with Gasteiger partial charge < -0.3 is 20.1 Å². The Bertz CT molecular complexity index is 779. The van der Waals surface area contributed by atoms with Gasteiger partial charge in [-0.15, -0.1) is 0 Å². The highest BCUT2D eigenvalue weighted by atomic mass is 16.5. The van der Waals surface area contributed by atoms with Gasteiger partial charge in [0.05, 0.1) is 17.7 Å². The zero-order valence-electron chi connectivity index (χ0n) is 16.3. The minimum absolute atomic E-state index is 0.0980. The fraction of sp³-hybridized carbons (Fsp3) is 0.435. The summed E-state index contributed by atoms with van der Waals surface area (Å²) >= 11 is 0. The summed E-state index contributed by atoms with van der Waals surface area (Å²) in [5.41, 5.74) is 2.84. The molecule has 1 heterocycles. The molecular formula is C23H29N3O2. The molecule has 148 valence electrons. The van der Waals surface area contributed by atoms with E-state index in [0.717, 1.165) is 63.3 Å². The van der Waals surface area contributed by atoms with E-state index in [1.807, 2.05) is 30.3 Å². The quantitative estimate of drug-likeness (QED) is 0.656. The Kier molecular flexibility index (Phi) is 7.86. The zero-order valence-corrected chi connectivity index (χ0v) is 16.3. The molecule has 5 heteroatoms. The Balaban J connectivity index is 1.36. The summed E-state index contributed by atoms with van der Waals surface area (Å²) < 4.78 is 5.88. The second-order valence-electron chi connectivity index (χ2n) is 7.35. The molecule has 0 aliphatic carbocycles. The number of ether oxygens (including phenoxy) is 1. The summed E-state index contributed by atoms with van der Waals surface area (Å²) in [6.45, 7) is 5.36. The number of nitriles is 1. The first-order chi connectivity index (χ1) is 13.7. The third-order valence-electron chi connectivity index (χ3n) is 5.07. The standard InChI is InChI=1S/C23H29N3O2/c24-16-19-4-1-6-21(14-19)18-28-23-7-2-5-20(15-23)17-25-10-3-11-26-12-8-22(27)9-13-26/h1-2,4-7,14-15,22,25,27H,3,8-13,17-18H2. The van der Waals surface area contributed by atoms with Crippen molar-refractivity contribution in [2.75, 3.05) is 26.2 Å². The number of hydrogen-bond acceptors (Lipinski definition) is 5. The molecule has 0 atom stereocenters. The van der Waals surface area contributed by atoms with Crippen LogP contribution in [-0.2, 0) is 13.2 Å². The summed E-state index contributed by atoms with van der Waals surface area (Å²) in [5, 5.41) is 22.0. The first kappa shape index (κ1) is 20.3. The van der Waals surface area contributed by atoms with E-state index in [0.29, 0.717) is 12.2 Å². The van der Waals surface area contributed by atoms with Crippen LogP contribution in [-0.4, -0.2) is 42.3 Å². The van der Waals surface area contributed by atoms with E-state index in [9.17, 15) is 5.11 Å². The average molecular weight is 380 g/mol. The maximum atomic E-state index is 9.55. The van der Waals surface area contributed by atoms with Crippen LogP contribution in [0.15, 0.2) is 48.5 Å². The molecule has 0 saturated carbocycles. The minimum atomic E-state index is -0.0980. The SMILES string of the molecule is N#Cc1cccc(COc2cccc(CNCCCN3CCC(O)CC3)c2)c1. The van der Waals surface area contributed by atoms with E-state index in [4.69, 9.17) is 10.00 Å². The van der Waals surface area contributed by atoms with E-state index >= 15 is 0 Å². The second-order valence-corrected chi connectivity index (χ2v) is 7.35. The summed E-state index contributed by atoms with van der Waals surface area (Å²) in [7, 11) is 0. The maximum Gasteiger partial charge on any atom is 0.120 e. The molecule has 0 bridgehead atoms. The van der Waals surface area contributed by atoms with E-state index in [1.165, 1.54) is 5.56 Å². The predicted octanol–water partition coefficient (Wildman–Crippen LogP) is 3.07. The Labute approximate surface area is 167 Å². The van der Waals surface area contributed by atoms with Crippen LogP contribution < -0.4 is 10.1 Å². The maximum absolute atomic E-state index is 9.55. The molecule has 1 fully saturated rings. The largest absolute Gasteiger partial charge is 0.489 e. The Morgan fingerprint density at radius 1 is 1.11 bits per heavy atom. The van der Waals surface area contributed by atoms with Gasteiger partial charge >= 0.3 is 0 Å². The number of nitrogens with zero attached hydrogens (tertiary/aromatic N) is 2. The van der Waals surface area contributed by atoms with Gasteiger partial charge in [-0.1, -0.05) is 24.3 Å².